The standard InChI is InChI=1S/C24H26N2O6S/c27-22(26-21-13-31-11-20(21)23(28)29)14-33-10-9-25-24(30)32-12-19-17-7-3-1-5-15(17)16-6-2-4-8-18(16)19/h1-8,19-21H,9-14H2,(H,25,30)(H,26,27)(H,28,29). The minimum atomic E-state index is -0.974. The highest BCUT2D eigenvalue weighted by atomic mass is 32.2. The summed E-state index contributed by atoms with van der Waals surface area (Å²) in [5.74, 6) is -1.22. The molecule has 2 aromatic rings. The molecule has 2 amide bonds. The van der Waals surface area contributed by atoms with Gasteiger partial charge in [0.2, 0.25) is 5.91 Å². The van der Waals surface area contributed by atoms with Gasteiger partial charge in [-0.15, -0.1) is 0 Å². The lowest BCUT2D eigenvalue weighted by atomic mass is 9.98. The maximum Gasteiger partial charge on any atom is 0.407 e. The van der Waals surface area contributed by atoms with Crippen molar-refractivity contribution in [2.45, 2.75) is 12.0 Å². The normalized spacial score (nSPS) is 18.9. The van der Waals surface area contributed by atoms with Crippen molar-refractivity contribution in [3.05, 3.63) is 59.7 Å². The first kappa shape index (κ1) is 23.1. The molecule has 0 saturated carbocycles. The summed E-state index contributed by atoms with van der Waals surface area (Å²) >= 11 is 1.35. The van der Waals surface area contributed by atoms with Crippen LogP contribution in [0.1, 0.15) is 17.0 Å². The van der Waals surface area contributed by atoms with E-state index in [4.69, 9.17) is 14.6 Å². The Morgan fingerprint density at radius 3 is 2.36 bits per heavy atom. The monoisotopic (exact) mass is 470 g/mol. The number of ether oxygens (including phenoxy) is 2. The Labute approximate surface area is 196 Å². The highest BCUT2D eigenvalue weighted by Gasteiger charge is 2.35. The van der Waals surface area contributed by atoms with Crippen molar-refractivity contribution in [1.29, 1.82) is 0 Å². The summed E-state index contributed by atoms with van der Waals surface area (Å²) in [6, 6.07) is 15.8. The predicted octanol–water partition coefficient (Wildman–Crippen LogP) is 2.47. The molecule has 0 aromatic heterocycles. The van der Waals surface area contributed by atoms with Crippen molar-refractivity contribution in [1.82, 2.24) is 10.6 Å². The minimum absolute atomic E-state index is 0.00964. The fraction of sp³-hybridized carbons (Fsp3) is 0.375. The first-order valence-electron chi connectivity index (χ1n) is 10.8. The zero-order valence-corrected chi connectivity index (χ0v) is 18.8. The van der Waals surface area contributed by atoms with Crippen LogP contribution in [0.25, 0.3) is 11.1 Å². The molecule has 1 aliphatic carbocycles. The van der Waals surface area contributed by atoms with Gasteiger partial charge in [-0.2, -0.15) is 11.8 Å². The van der Waals surface area contributed by atoms with Crippen LogP contribution in [0.15, 0.2) is 48.5 Å². The van der Waals surface area contributed by atoms with E-state index in [1.165, 1.54) is 22.9 Å². The van der Waals surface area contributed by atoms with Crippen molar-refractivity contribution < 1.29 is 29.0 Å². The van der Waals surface area contributed by atoms with Gasteiger partial charge in [-0.1, -0.05) is 48.5 Å². The molecule has 174 valence electrons. The summed E-state index contributed by atoms with van der Waals surface area (Å²) in [4.78, 5) is 35.3. The van der Waals surface area contributed by atoms with E-state index in [9.17, 15) is 14.4 Å². The number of aliphatic carboxylic acids is 1. The summed E-state index contributed by atoms with van der Waals surface area (Å²) in [5, 5.41) is 14.5. The summed E-state index contributed by atoms with van der Waals surface area (Å²) in [7, 11) is 0. The van der Waals surface area contributed by atoms with Gasteiger partial charge in [0.15, 0.2) is 0 Å². The molecule has 2 aliphatic rings. The second-order valence-electron chi connectivity index (χ2n) is 7.96. The van der Waals surface area contributed by atoms with Gasteiger partial charge in [-0.25, -0.2) is 4.79 Å². The van der Waals surface area contributed by atoms with Gasteiger partial charge in [0.1, 0.15) is 12.5 Å². The third-order valence-corrected chi connectivity index (χ3v) is 6.80. The van der Waals surface area contributed by atoms with Gasteiger partial charge >= 0.3 is 12.1 Å². The Morgan fingerprint density at radius 2 is 1.70 bits per heavy atom. The molecule has 1 fully saturated rings. The molecule has 0 bridgehead atoms. The number of benzene rings is 2. The predicted molar refractivity (Wildman–Crippen MR) is 124 cm³/mol. The molecular formula is C24H26N2O6S. The number of carbonyl (C=O) groups is 3. The molecule has 33 heavy (non-hydrogen) atoms. The number of carboxylic acid groups (broad SMARTS) is 1. The molecule has 8 nitrogen and oxygen atoms in total. The van der Waals surface area contributed by atoms with Crippen LogP contribution in [-0.4, -0.2) is 67.0 Å². The molecule has 2 atom stereocenters. The maximum atomic E-state index is 12.2. The summed E-state index contributed by atoms with van der Waals surface area (Å²) < 4.78 is 10.6. The molecule has 3 N–H and O–H groups in total. The van der Waals surface area contributed by atoms with Crippen LogP contribution < -0.4 is 10.6 Å². The number of hydrogen-bond donors (Lipinski definition) is 3. The van der Waals surface area contributed by atoms with E-state index in [1.54, 1.807) is 0 Å². The highest BCUT2D eigenvalue weighted by molar-refractivity contribution is 7.99. The SMILES string of the molecule is O=C(CSCCNC(=O)OCC1c2ccccc2-c2ccccc21)NC1COCC1C(=O)O. The van der Waals surface area contributed by atoms with E-state index in [-0.39, 0.29) is 37.4 Å². The summed E-state index contributed by atoms with van der Waals surface area (Å²) in [6.07, 6.45) is -0.491. The smallest absolute Gasteiger partial charge is 0.407 e. The fourth-order valence-electron chi connectivity index (χ4n) is 4.23. The largest absolute Gasteiger partial charge is 0.481 e. The average molecular weight is 471 g/mol. The van der Waals surface area contributed by atoms with E-state index < -0.39 is 24.0 Å². The van der Waals surface area contributed by atoms with Gasteiger partial charge < -0.3 is 25.2 Å². The quantitative estimate of drug-likeness (QED) is 0.483. The van der Waals surface area contributed by atoms with Gasteiger partial charge in [-0.3, -0.25) is 9.59 Å². The zero-order chi connectivity index (χ0) is 23.2. The molecule has 0 spiro atoms. The Hall–Kier alpha value is -3.04. The van der Waals surface area contributed by atoms with Crippen molar-refractivity contribution >= 4 is 29.7 Å². The van der Waals surface area contributed by atoms with Crippen LogP contribution >= 0.6 is 11.8 Å². The highest BCUT2D eigenvalue weighted by Crippen LogP contribution is 2.44. The molecule has 9 heteroatoms. The van der Waals surface area contributed by atoms with E-state index in [1.807, 2.05) is 24.3 Å². The number of carboxylic acids is 1. The average Bonchev–Trinajstić information content (AvgIpc) is 3.40. The van der Waals surface area contributed by atoms with E-state index in [2.05, 4.69) is 34.9 Å². The van der Waals surface area contributed by atoms with Gasteiger partial charge in [0, 0.05) is 18.2 Å². The van der Waals surface area contributed by atoms with Crippen LogP contribution in [0.4, 0.5) is 4.79 Å². The molecule has 2 aromatic carbocycles. The molecule has 1 saturated heterocycles. The number of hydrogen-bond acceptors (Lipinski definition) is 6. The number of thioether (sulfide) groups is 1. The number of fused-ring (bicyclic) bond motifs is 3. The van der Waals surface area contributed by atoms with E-state index in [0.717, 1.165) is 11.1 Å². The Morgan fingerprint density at radius 1 is 1.03 bits per heavy atom. The molecule has 1 heterocycles. The van der Waals surface area contributed by atoms with Crippen molar-refractivity contribution in [2.75, 3.05) is 37.9 Å². The van der Waals surface area contributed by atoms with Gasteiger partial charge in [-0.05, 0) is 22.3 Å². The lowest BCUT2D eigenvalue weighted by Gasteiger charge is -2.15. The van der Waals surface area contributed by atoms with Crippen LogP contribution in [-0.2, 0) is 19.1 Å². The van der Waals surface area contributed by atoms with Gasteiger partial charge in [0.05, 0.1) is 25.0 Å². The third-order valence-electron chi connectivity index (χ3n) is 5.84. The Bertz CT molecular complexity index is 984. The number of alkyl carbamates (subject to hydrolysis) is 1. The summed E-state index contributed by atoms with van der Waals surface area (Å²) in [5.41, 5.74) is 4.67. The summed E-state index contributed by atoms with van der Waals surface area (Å²) in [6.45, 7) is 0.927. The van der Waals surface area contributed by atoms with Crippen molar-refractivity contribution in [3.63, 3.8) is 0 Å². The topological polar surface area (TPSA) is 114 Å². The van der Waals surface area contributed by atoms with E-state index >= 15 is 0 Å². The minimum Gasteiger partial charge on any atom is -0.481 e. The molecule has 1 aliphatic heterocycles. The maximum absolute atomic E-state index is 12.2. The third kappa shape index (κ3) is 5.48. The number of rotatable bonds is 9. The lowest BCUT2D eigenvalue weighted by Crippen LogP contribution is -2.43. The Kier molecular flexibility index (Phi) is 7.51. The Balaban J connectivity index is 1.15. The molecule has 2 unspecified atom stereocenters. The van der Waals surface area contributed by atoms with E-state index in [0.29, 0.717) is 12.3 Å². The first-order chi connectivity index (χ1) is 16.0. The van der Waals surface area contributed by atoms with Crippen molar-refractivity contribution in [2.24, 2.45) is 5.92 Å². The number of amides is 2. The second-order valence-corrected chi connectivity index (χ2v) is 9.07. The van der Waals surface area contributed by atoms with Crippen LogP contribution in [0, 0.1) is 5.92 Å². The van der Waals surface area contributed by atoms with Gasteiger partial charge in [0.25, 0.3) is 0 Å². The first-order valence-corrected chi connectivity index (χ1v) is 12.0. The second kappa shape index (κ2) is 10.7. The molecule has 0 radical (unpaired) electrons. The van der Waals surface area contributed by atoms with Crippen LogP contribution in [0.5, 0.6) is 0 Å². The number of nitrogens with one attached hydrogen (secondary N) is 2. The van der Waals surface area contributed by atoms with Crippen LogP contribution in [0.2, 0.25) is 0 Å². The fourth-order valence-corrected chi connectivity index (χ4v) is 4.89. The van der Waals surface area contributed by atoms with Crippen molar-refractivity contribution in [3.8, 4) is 11.1 Å². The zero-order valence-electron chi connectivity index (χ0n) is 18.0. The number of carbonyl (C=O) groups excluding carboxylic acids is 2. The lowest BCUT2D eigenvalue weighted by molar-refractivity contribution is -0.142. The molecule has 4 rings (SSSR count). The van der Waals surface area contributed by atoms with Crippen LogP contribution in [0.3, 0.4) is 0 Å². The molecular weight excluding hydrogens is 444 g/mol.